The van der Waals surface area contributed by atoms with Gasteiger partial charge in [0, 0.05) is 24.1 Å². The SMILES string of the molecule is O=C(Nc1cccc(C#Cc2ccccn2)c1)[C@@H]1CCCO1. The summed E-state index contributed by atoms with van der Waals surface area (Å²) in [6.07, 6.45) is 3.10. The lowest BCUT2D eigenvalue weighted by molar-refractivity contribution is -0.124. The summed E-state index contributed by atoms with van der Waals surface area (Å²) < 4.78 is 5.37. The zero-order valence-corrected chi connectivity index (χ0v) is 12.1. The van der Waals surface area contributed by atoms with Gasteiger partial charge in [0.05, 0.1) is 0 Å². The van der Waals surface area contributed by atoms with Crippen LogP contribution in [0.2, 0.25) is 0 Å². The van der Waals surface area contributed by atoms with Gasteiger partial charge >= 0.3 is 0 Å². The summed E-state index contributed by atoms with van der Waals surface area (Å²) in [6, 6.07) is 13.1. The molecule has 0 radical (unpaired) electrons. The highest BCUT2D eigenvalue weighted by Gasteiger charge is 2.23. The van der Waals surface area contributed by atoms with E-state index < -0.39 is 0 Å². The molecular weight excluding hydrogens is 276 g/mol. The molecule has 2 heterocycles. The third-order valence-electron chi connectivity index (χ3n) is 3.35. The minimum Gasteiger partial charge on any atom is -0.368 e. The molecule has 4 nitrogen and oxygen atoms in total. The van der Waals surface area contributed by atoms with Crippen molar-refractivity contribution in [3.8, 4) is 11.8 Å². The smallest absolute Gasteiger partial charge is 0.253 e. The molecule has 0 spiro atoms. The van der Waals surface area contributed by atoms with E-state index in [0.717, 1.165) is 29.8 Å². The minimum atomic E-state index is -0.330. The molecule has 2 aromatic rings. The number of anilines is 1. The number of ether oxygens (including phenoxy) is 1. The largest absolute Gasteiger partial charge is 0.368 e. The number of carbonyl (C=O) groups is 1. The zero-order valence-electron chi connectivity index (χ0n) is 12.1. The van der Waals surface area contributed by atoms with Crippen molar-refractivity contribution < 1.29 is 9.53 Å². The summed E-state index contributed by atoms with van der Waals surface area (Å²) in [7, 11) is 0. The maximum absolute atomic E-state index is 12.0. The van der Waals surface area contributed by atoms with Crippen LogP contribution in [-0.4, -0.2) is 23.6 Å². The fraction of sp³-hybridized carbons (Fsp3) is 0.222. The van der Waals surface area contributed by atoms with E-state index in [4.69, 9.17) is 4.74 Å². The van der Waals surface area contributed by atoms with Crippen molar-refractivity contribution >= 4 is 11.6 Å². The van der Waals surface area contributed by atoms with Crippen LogP contribution in [0.3, 0.4) is 0 Å². The summed E-state index contributed by atoms with van der Waals surface area (Å²) in [5, 5.41) is 2.88. The molecule has 1 aromatic carbocycles. The van der Waals surface area contributed by atoms with Crippen molar-refractivity contribution in [3.63, 3.8) is 0 Å². The second-order valence-electron chi connectivity index (χ2n) is 5.04. The van der Waals surface area contributed by atoms with Crippen molar-refractivity contribution in [3.05, 3.63) is 59.9 Å². The molecule has 1 amide bonds. The Morgan fingerprint density at radius 3 is 2.95 bits per heavy atom. The van der Waals surface area contributed by atoms with Crippen LogP contribution in [-0.2, 0) is 9.53 Å². The quantitative estimate of drug-likeness (QED) is 0.866. The second kappa shape index (κ2) is 6.88. The Labute approximate surface area is 129 Å². The highest BCUT2D eigenvalue weighted by molar-refractivity contribution is 5.94. The van der Waals surface area contributed by atoms with Gasteiger partial charge in [0.25, 0.3) is 5.91 Å². The van der Waals surface area contributed by atoms with E-state index in [9.17, 15) is 4.79 Å². The van der Waals surface area contributed by atoms with Gasteiger partial charge in [-0.3, -0.25) is 4.79 Å². The van der Waals surface area contributed by atoms with Crippen LogP contribution in [0.4, 0.5) is 5.69 Å². The highest BCUT2D eigenvalue weighted by atomic mass is 16.5. The molecule has 0 saturated carbocycles. The van der Waals surface area contributed by atoms with E-state index in [0.29, 0.717) is 6.61 Å². The van der Waals surface area contributed by atoms with Crippen LogP contribution in [0, 0.1) is 11.8 Å². The molecule has 1 aliphatic rings. The van der Waals surface area contributed by atoms with Crippen LogP contribution < -0.4 is 5.32 Å². The number of hydrogen-bond acceptors (Lipinski definition) is 3. The highest BCUT2D eigenvalue weighted by Crippen LogP contribution is 2.16. The van der Waals surface area contributed by atoms with Crippen LogP contribution >= 0.6 is 0 Å². The molecule has 3 rings (SSSR count). The molecule has 0 aliphatic carbocycles. The average Bonchev–Trinajstić information content (AvgIpc) is 3.09. The Kier molecular flexibility index (Phi) is 4.47. The summed E-state index contributed by atoms with van der Waals surface area (Å²) in [6.45, 7) is 0.660. The van der Waals surface area contributed by atoms with E-state index in [1.165, 1.54) is 0 Å². The number of nitrogens with one attached hydrogen (secondary N) is 1. The van der Waals surface area contributed by atoms with Crippen LogP contribution in [0.1, 0.15) is 24.1 Å². The van der Waals surface area contributed by atoms with Gasteiger partial charge in [0.2, 0.25) is 0 Å². The molecule has 4 heteroatoms. The molecule has 0 unspecified atom stereocenters. The molecule has 0 bridgehead atoms. The second-order valence-corrected chi connectivity index (χ2v) is 5.04. The standard InChI is InChI=1S/C18H16N2O2/c21-18(17-8-4-12-22-17)20-16-7-3-5-14(13-16)9-10-15-6-1-2-11-19-15/h1-3,5-7,11,13,17H,4,8,12H2,(H,20,21)/t17-/m0/s1. The molecule has 22 heavy (non-hydrogen) atoms. The minimum absolute atomic E-state index is 0.0904. The van der Waals surface area contributed by atoms with Gasteiger partial charge in [-0.1, -0.05) is 18.1 Å². The molecular formula is C18H16N2O2. The van der Waals surface area contributed by atoms with Crippen molar-refractivity contribution in [2.75, 3.05) is 11.9 Å². The number of aromatic nitrogens is 1. The molecule has 1 aliphatic heterocycles. The lowest BCUT2D eigenvalue weighted by Crippen LogP contribution is -2.26. The number of amides is 1. The van der Waals surface area contributed by atoms with E-state index in [1.54, 1.807) is 6.20 Å². The van der Waals surface area contributed by atoms with Crippen LogP contribution in [0.15, 0.2) is 48.7 Å². The van der Waals surface area contributed by atoms with Gasteiger partial charge in [-0.2, -0.15) is 0 Å². The van der Waals surface area contributed by atoms with Crippen molar-refractivity contribution in [1.82, 2.24) is 4.98 Å². The van der Waals surface area contributed by atoms with Crippen molar-refractivity contribution in [2.45, 2.75) is 18.9 Å². The van der Waals surface area contributed by atoms with Crippen molar-refractivity contribution in [2.24, 2.45) is 0 Å². The Balaban J connectivity index is 1.70. The summed E-state index contributed by atoms with van der Waals surface area (Å²) >= 11 is 0. The first-order valence-electron chi connectivity index (χ1n) is 7.27. The van der Waals surface area contributed by atoms with Gasteiger partial charge in [-0.15, -0.1) is 0 Å². The van der Waals surface area contributed by atoms with E-state index in [-0.39, 0.29) is 12.0 Å². The third-order valence-corrected chi connectivity index (χ3v) is 3.35. The Hall–Kier alpha value is -2.64. The van der Waals surface area contributed by atoms with Crippen LogP contribution in [0.25, 0.3) is 0 Å². The summed E-state index contributed by atoms with van der Waals surface area (Å²) in [4.78, 5) is 16.2. The molecule has 1 N–H and O–H groups in total. The number of rotatable bonds is 2. The Bertz CT molecular complexity index is 711. The number of nitrogens with zero attached hydrogens (tertiary/aromatic N) is 1. The first kappa shape index (κ1) is 14.3. The molecule has 1 fully saturated rings. The van der Waals surface area contributed by atoms with Gasteiger partial charge in [0.1, 0.15) is 11.8 Å². The van der Waals surface area contributed by atoms with Gasteiger partial charge in [0.15, 0.2) is 0 Å². The van der Waals surface area contributed by atoms with Gasteiger partial charge in [-0.05, 0) is 49.1 Å². The lowest BCUT2D eigenvalue weighted by atomic mass is 10.2. The molecule has 1 aromatic heterocycles. The Morgan fingerprint density at radius 2 is 2.18 bits per heavy atom. The van der Waals surface area contributed by atoms with Gasteiger partial charge in [-0.25, -0.2) is 4.98 Å². The van der Waals surface area contributed by atoms with Gasteiger partial charge < -0.3 is 10.1 Å². The molecule has 1 atom stereocenters. The number of carbonyl (C=O) groups excluding carboxylic acids is 1. The fourth-order valence-electron chi connectivity index (χ4n) is 2.25. The molecule has 1 saturated heterocycles. The zero-order chi connectivity index (χ0) is 15.2. The maximum atomic E-state index is 12.0. The summed E-state index contributed by atoms with van der Waals surface area (Å²) in [5.41, 5.74) is 2.28. The van der Waals surface area contributed by atoms with Crippen LogP contribution in [0.5, 0.6) is 0 Å². The predicted molar refractivity (Wildman–Crippen MR) is 84.3 cm³/mol. The maximum Gasteiger partial charge on any atom is 0.253 e. The van der Waals surface area contributed by atoms with E-state index in [1.807, 2.05) is 42.5 Å². The van der Waals surface area contributed by atoms with E-state index >= 15 is 0 Å². The lowest BCUT2D eigenvalue weighted by Gasteiger charge is -2.10. The van der Waals surface area contributed by atoms with Crippen molar-refractivity contribution in [1.29, 1.82) is 0 Å². The number of benzene rings is 1. The fourth-order valence-corrected chi connectivity index (χ4v) is 2.25. The number of pyridine rings is 1. The first-order valence-corrected chi connectivity index (χ1v) is 7.27. The molecule has 110 valence electrons. The third kappa shape index (κ3) is 3.72. The normalized spacial score (nSPS) is 16.6. The Morgan fingerprint density at radius 1 is 1.23 bits per heavy atom. The van der Waals surface area contributed by atoms with E-state index in [2.05, 4.69) is 22.1 Å². The predicted octanol–water partition coefficient (Wildman–Crippen LogP) is 2.60. The topological polar surface area (TPSA) is 51.2 Å². The first-order chi connectivity index (χ1) is 10.8. The summed E-state index contributed by atoms with van der Waals surface area (Å²) in [5.74, 6) is 5.96. The number of hydrogen-bond donors (Lipinski definition) is 1. The monoisotopic (exact) mass is 292 g/mol. The average molecular weight is 292 g/mol.